The van der Waals surface area contributed by atoms with Gasteiger partial charge in [-0.15, -0.1) is 10.2 Å². The van der Waals surface area contributed by atoms with Gasteiger partial charge in [0, 0.05) is 37.8 Å². The molecule has 36 heavy (non-hydrogen) atoms. The number of hydrogen-bond acceptors (Lipinski definition) is 9. The fourth-order valence-corrected chi connectivity index (χ4v) is 4.16. The molecular weight excluding hydrogens is 464 g/mol. The maximum absolute atomic E-state index is 13.1. The van der Waals surface area contributed by atoms with Gasteiger partial charge in [-0.05, 0) is 36.4 Å². The lowest BCUT2D eigenvalue weighted by Gasteiger charge is -2.35. The highest BCUT2D eigenvalue weighted by Gasteiger charge is 2.25. The highest BCUT2D eigenvalue weighted by molar-refractivity contribution is 5.97. The van der Waals surface area contributed by atoms with Crippen LogP contribution in [0, 0.1) is 0 Å². The summed E-state index contributed by atoms with van der Waals surface area (Å²) in [4.78, 5) is 17.0. The zero-order valence-corrected chi connectivity index (χ0v) is 21.1. The van der Waals surface area contributed by atoms with Crippen LogP contribution in [0.2, 0.25) is 0 Å². The minimum atomic E-state index is -0.0713. The third-order valence-corrected chi connectivity index (χ3v) is 6.14. The molecule has 0 aliphatic carbocycles. The molecule has 190 valence electrons. The zero-order chi connectivity index (χ0) is 25.7. The number of hydrogen-bond donors (Lipinski definition) is 0. The minimum Gasteiger partial charge on any atom is -0.497 e. The average molecular weight is 495 g/mol. The number of aromatic nitrogens is 2. The number of methoxy groups -OCH3 is 5. The number of carbonyl (C=O) groups is 1. The fraction of sp³-hybridized carbons (Fsp3) is 0.346. The van der Waals surface area contributed by atoms with Crippen LogP contribution < -0.4 is 28.6 Å². The normalized spacial score (nSPS) is 13.2. The number of anilines is 1. The molecule has 2 heterocycles. The minimum absolute atomic E-state index is 0.0713. The summed E-state index contributed by atoms with van der Waals surface area (Å²) in [5, 5.41) is 8.85. The van der Waals surface area contributed by atoms with Crippen LogP contribution in [0.4, 0.5) is 5.82 Å². The Morgan fingerprint density at radius 1 is 0.722 bits per heavy atom. The van der Waals surface area contributed by atoms with Gasteiger partial charge in [-0.25, -0.2) is 0 Å². The molecule has 0 saturated carbocycles. The van der Waals surface area contributed by atoms with Gasteiger partial charge in [-0.3, -0.25) is 4.79 Å². The molecule has 1 aromatic heterocycles. The fourth-order valence-electron chi connectivity index (χ4n) is 4.16. The standard InChI is InChI=1S/C26H30N4O6/c1-32-18-6-7-19(21(16-18)33-2)26(31)30-12-10-29(11-13-30)24-9-8-20(27-28-24)17-14-22(34-3)25(36-5)23(15-17)35-4/h6-9,14-16H,10-13H2,1-5H3. The first-order valence-electron chi connectivity index (χ1n) is 11.4. The third-order valence-electron chi connectivity index (χ3n) is 6.14. The van der Waals surface area contributed by atoms with Crippen LogP contribution in [0.15, 0.2) is 42.5 Å². The van der Waals surface area contributed by atoms with Crippen molar-refractivity contribution in [2.75, 3.05) is 66.6 Å². The Morgan fingerprint density at radius 3 is 1.92 bits per heavy atom. The highest BCUT2D eigenvalue weighted by atomic mass is 16.5. The van der Waals surface area contributed by atoms with Crippen molar-refractivity contribution in [3.05, 3.63) is 48.0 Å². The van der Waals surface area contributed by atoms with Gasteiger partial charge in [-0.1, -0.05) is 0 Å². The SMILES string of the molecule is COc1ccc(C(=O)N2CCN(c3ccc(-c4cc(OC)c(OC)c(OC)c4)nn3)CC2)c(OC)c1. The largest absolute Gasteiger partial charge is 0.497 e. The molecule has 0 unspecified atom stereocenters. The Bertz CT molecular complexity index is 1180. The van der Waals surface area contributed by atoms with Crippen molar-refractivity contribution in [1.82, 2.24) is 15.1 Å². The Labute approximate surface area is 210 Å². The molecule has 0 bridgehead atoms. The van der Waals surface area contributed by atoms with Crippen molar-refractivity contribution in [1.29, 1.82) is 0 Å². The Balaban J connectivity index is 1.44. The second-order valence-corrected chi connectivity index (χ2v) is 8.04. The number of piperazine rings is 1. The molecule has 2 aromatic carbocycles. The van der Waals surface area contributed by atoms with Crippen molar-refractivity contribution in [2.24, 2.45) is 0 Å². The van der Waals surface area contributed by atoms with E-state index < -0.39 is 0 Å². The van der Waals surface area contributed by atoms with E-state index in [0.29, 0.717) is 66.2 Å². The maximum atomic E-state index is 13.1. The van der Waals surface area contributed by atoms with Crippen LogP contribution in [0.3, 0.4) is 0 Å². The summed E-state index contributed by atoms with van der Waals surface area (Å²) in [6.07, 6.45) is 0. The number of nitrogens with zero attached hydrogens (tertiary/aromatic N) is 4. The molecule has 10 heteroatoms. The highest BCUT2D eigenvalue weighted by Crippen LogP contribution is 2.40. The molecule has 1 fully saturated rings. The number of amides is 1. The summed E-state index contributed by atoms with van der Waals surface area (Å²) in [6, 6.07) is 12.7. The molecule has 0 atom stereocenters. The van der Waals surface area contributed by atoms with Crippen molar-refractivity contribution >= 4 is 11.7 Å². The molecule has 0 N–H and O–H groups in total. The monoisotopic (exact) mass is 494 g/mol. The summed E-state index contributed by atoms with van der Waals surface area (Å²) in [7, 11) is 7.84. The third kappa shape index (κ3) is 4.93. The van der Waals surface area contributed by atoms with Crippen LogP contribution in [-0.2, 0) is 0 Å². The van der Waals surface area contributed by atoms with Gasteiger partial charge in [0.25, 0.3) is 5.91 Å². The average Bonchev–Trinajstić information content (AvgIpc) is 2.95. The lowest BCUT2D eigenvalue weighted by atomic mass is 10.1. The van der Waals surface area contributed by atoms with E-state index in [1.54, 1.807) is 53.7 Å². The summed E-state index contributed by atoms with van der Waals surface area (Å²) in [5.74, 6) is 3.43. The second-order valence-electron chi connectivity index (χ2n) is 8.04. The van der Waals surface area contributed by atoms with Gasteiger partial charge in [-0.2, -0.15) is 0 Å². The molecule has 4 rings (SSSR count). The summed E-state index contributed by atoms with van der Waals surface area (Å²) < 4.78 is 26.9. The van der Waals surface area contributed by atoms with Gasteiger partial charge in [0.15, 0.2) is 17.3 Å². The van der Waals surface area contributed by atoms with Crippen molar-refractivity contribution in [3.8, 4) is 40.0 Å². The summed E-state index contributed by atoms with van der Waals surface area (Å²) >= 11 is 0. The van der Waals surface area contributed by atoms with Gasteiger partial charge in [0.2, 0.25) is 5.75 Å². The van der Waals surface area contributed by atoms with Crippen LogP contribution in [0.5, 0.6) is 28.7 Å². The number of carbonyl (C=O) groups excluding carboxylic acids is 1. The number of rotatable bonds is 8. The molecule has 10 nitrogen and oxygen atoms in total. The van der Waals surface area contributed by atoms with Crippen LogP contribution in [0.1, 0.15) is 10.4 Å². The Hall–Kier alpha value is -4.21. The molecule has 1 aliphatic rings. The number of ether oxygens (including phenoxy) is 5. The van der Waals surface area contributed by atoms with E-state index in [1.165, 1.54) is 0 Å². The molecule has 1 aliphatic heterocycles. The van der Waals surface area contributed by atoms with Crippen molar-refractivity contribution < 1.29 is 28.5 Å². The second kappa shape index (κ2) is 11.0. The predicted molar refractivity (Wildman–Crippen MR) is 135 cm³/mol. The smallest absolute Gasteiger partial charge is 0.257 e. The first-order valence-corrected chi connectivity index (χ1v) is 11.4. The van der Waals surface area contributed by atoms with Gasteiger partial charge < -0.3 is 33.5 Å². The molecule has 1 saturated heterocycles. The van der Waals surface area contributed by atoms with E-state index in [4.69, 9.17) is 23.7 Å². The molecule has 0 radical (unpaired) electrons. The summed E-state index contributed by atoms with van der Waals surface area (Å²) in [6.45, 7) is 2.40. The van der Waals surface area contributed by atoms with Crippen molar-refractivity contribution in [2.45, 2.75) is 0 Å². The predicted octanol–water partition coefficient (Wildman–Crippen LogP) is 3.15. The van der Waals surface area contributed by atoms with E-state index >= 15 is 0 Å². The van der Waals surface area contributed by atoms with Gasteiger partial charge >= 0.3 is 0 Å². The van der Waals surface area contributed by atoms with E-state index in [9.17, 15) is 4.79 Å². The van der Waals surface area contributed by atoms with Crippen molar-refractivity contribution in [3.63, 3.8) is 0 Å². The maximum Gasteiger partial charge on any atom is 0.257 e. The first kappa shape index (κ1) is 24.9. The lowest BCUT2D eigenvalue weighted by molar-refractivity contribution is 0.0743. The summed E-state index contributed by atoms with van der Waals surface area (Å²) in [5.41, 5.74) is 1.99. The Kier molecular flexibility index (Phi) is 7.62. The number of benzene rings is 2. The quantitative estimate of drug-likeness (QED) is 0.468. The van der Waals surface area contributed by atoms with Gasteiger partial charge in [0.1, 0.15) is 11.5 Å². The van der Waals surface area contributed by atoms with Crippen LogP contribution in [-0.4, -0.2) is 82.7 Å². The molecule has 1 amide bonds. The van der Waals surface area contributed by atoms with E-state index in [1.807, 2.05) is 29.2 Å². The first-order chi connectivity index (χ1) is 17.5. The van der Waals surface area contributed by atoms with E-state index in [-0.39, 0.29) is 5.91 Å². The van der Waals surface area contributed by atoms with Gasteiger partial charge in [0.05, 0.1) is 46.8 Å². The molecular formula is C26H30N4O6. The molecule has 0 spiro atoms. The van der Waals surface area contributed by atoms with E-state index in [2.05, 4.69) is 15.1 Å². The van der Waals surface area contributed by atoms with Crippen LogP contribution >= 0.6 is 0 Å². The topological polar surface area (TPSA) is 95.5 Å². The zero-order valence-electron chi connectivity index (χ0n) is 21.1. The molecule has 3 aromatic rings. The van der Waals surface area contributed by atoms with E-state index in [0.717, 1.165) is 11.4 Å². The lowest BCUT2D eigenvalue weighted by Crippen LogP contribution is -2.49. The Morgan fingerprint density at radius 2 is 1.39 bits per heavy atom. The van der Waals surface area contributed by atoms with Crippen LogP contribution in [0.25, 0.3) is 11.3 Å².